The summed E-state index contributed by atoms with van der Waals surface area (Å²) < 4.78 is 5.47. The van der Waals surface area contributed by atoms with Crippen LogP contribution in [0.15, 0.2) is 0 Å². The van der Waals surface area contributed by atoms with Gasteiger partial charge in [0.25, 0.3) is 0 Å². The molecule has 0 radical (unpaired) electrons. The van der Waals surface area contributed by atoms with Gasteiger partial charge in [-0.1, -0.05) is 27.2 Å². The largest absolute Gasteiger partial charge is 0.368 e. The van der Waals surface area contributed by atoms with E-state index in [2.05, 4.69) is 25.7 Å². The van der Waals surface area contributed by atoms with Crippen LogP contribution in [-0.2, 0) is 4.74 Å². The number of hydrogen-bond acceptors (Lipinski definition) is 3. The highest BCUT2D eigenvalue weighted by Gasteiger charge is 2.48. The van der Waals surface area contributed by atoms with E-state index in [0.717, 1.165) is 12.3 Å². The smallest absolute Gasteiger partial charge is 0.158 e. The summed E-state index contributed by atoms with van der Waals surface area (Å²) in [5.41, 5.74) is 0.375. The van der Waals surface area contributed by atoms with E-state index in [1.807, 2.05) is 6.92 Å². The van der Waals surface area contributed by atoms with Crippen LogP contribution in [0.2, 0.25) is 0 Å². The molecule has 0 aromatic carbocycles. The summed E-state index contributed by atoms with van der Waals surface area (Å²) in [6, 6.07) is 0.538. The van der Waals surface area contributed by atoms with Gasteiger partial charge in [-0.15, -0.1) is 0 Å². The number of rotatable bonds is 5. The second-order valence-corrected chi connectivity index (χ2v) is 7.86. The third kappa shape index (κ3) is 3.96. The van der Waals surface area contributed by atoms with Crippen LogP contribution < -0.4 is 0 Å². The molecule has 0 spiro atoms. The van der Waals surface area contributed by atoms with Crippen LogP contribution in [0.25, 0.3) is 0 Å². The van der Waals surface area contributed by atoms with Gasteiger partial charge in [0.15, 0.2) is 6.29 Å². The Morgan fingerprint density at radius 3 is 2.40 bits per heavy atom. The van der Waals surface area contributed by atoms with Gasteiger partial charge in [0.2, 0.25) is 0 Å². The predicted molar refractivity (Wildman–Crippen MR) is 82.5 cm³/mol. The molecule has 3 heteroatoms. The first-order chi connectivity index (χ1) is 9.42. The highest BCUT2D eigenvalue weighted by Crippen LogP contribution is 2.46. The van der Waals surface area contributed by atoms with E-state index in [1.165, 1.54) is 38.8 Å². The summed E-state index contributed by atoms with van der Waals surface area (Å²) in [4.78, 5) is 2.64. The maximum atomic E-state index is 10.2. The van der Waals surface area contributed by atoms with Crippen molar-refractivity contribution in [3.63, 3.8) is 0 Å². The first-order valence-electron chi connectivity index (χ1n) is 8.46. The molecular weight excluding hydrogens is 250 g/mol. The summed E-state index contributed by atoms with van der Waals surface area (Å²) in [5.74, 6) is 1.05. The molecule has 1 N–H and O–H groups in total. The third-order valence-corrected chi connectivity index (χ3v) is 4.89. The second kappa shape index (κ2) is 6.76. The lowest BCUT2D eigenvalue weighted by Gasteiger charge is -2.54. The summed E-state index contributed by atoms with van der Waals surface area (Å²) >= 11 is 0. The lowest BCUT2D eigenvalue weighted by atomic mass is 9.63. The minimum Gasteiger partial charge on any atom is -0.368 e. The molecule has 2 rings (SSSR count). The molecule has 20 heavy (non-hydrogen) atoms. The summed E-state index contributed by atoms with van der Waals surface area (Å²) in [7, 11) is 0. The summed E-state index contributed by atoms with van der Waals surface area (Å²) in [6.45, 7) is 12.0. The van der Waals surface area contributed by atoms with Crippen LogP contribution in [0, 0.1) is 17.3 Å². The summed E-state index contributed by atoms with van der Waals surface area (Å²) in [6.07, 6.45) is 5.81. The van der Waals surface area contributed by atoms with Gasteiger partial charge in [-0.2, -0.15) is 0 Å². The number of ether oxygens (including phenoxy) is 1. The molecule has 4 unspecified atom stereocenters. The van der Waals surface area contributed by atoms with Gasteiger partial charge >= 0.3 is 0 Å². The monoisotopic (exact) mass is 283 g/mol. The van der Waals surface area contributed by atoms with Crippen molar-refractivity contribution in [1.29, 1.82) is 0 Å². The summed E-state index contributed by atoms with van der Waals surface area (Å²) in [5, 5.41) is 10.2. The maximum absolute atomic E-state index is 10.2. The van der Waals surface area contributed by atoms with Gasteiger partial charge in [-0.3, -0.25) is 4.90 Å². The van der Waals surface area contributed by atoms with Crippen molar-refractivity contribution in [2.24, 2.45) is 17.3 Å². The molecule has 0 aromatic heterocycles. The molecule has 2 fully saturated rings. The normalized spacial score (nSPS) is 33.8. The Labute approximate surface area is 124 Å². The Bertz CT molecular complexity index is 294. The van der Waals surface area contributed by atoms with Gasteiger partial charge in [0.1, 0.15) is 0 Å². The first kappa shape index (κ1) is 16.3. The standard InChI is InChI=1S/C17H33NO2/c1-5-20-16(19)14-11-13(12-17(2,3)4)15(14)18-9-7-6-8-10-18/h13-16,19H,5-12H2,1-4H3. The fourth-order valence-corrected chi connectivity index (χ4v) is 4.14. The number of nitrogens with zero attached hydrogens (tertiary/aromatic N) is 1. The maximum Gasteiger partial charge on any atom is 0.158 e. The fourth-order valence-electron chi connectivity index (χ4n) is 4.14. The van der Waals surface area contributed by atoms with Crippen molar-refractivity contribution in [1.82, 2.24) is 4.90 Å². The Morgan fingerprint density at radius 1 is 1.20 bits per heavy atom. The molecule has 1 saturated heterocycles. The van der Waals surface area contributed by atoms with E-state index in [-0.39, 0.29) is 0 Å². The molecule has 3 nitrogen and oxygen atoms in total. The Morgan fingerprint density at radius 2 is 1.85 bits per heavy atom. The zero-order chi connectivity index (χ0) is 14.8. The molecule has 118 valence electrons. The van der Waals surface area contributed by atoms with E-state index >= 15 is 0 Å². The van der Waals surface area contributed by atoms with Crippen molar-refractivity contribution < 1.29 is 9.84 Å². The lowest BCUT2D eigenvalue weighted by molar-refractivity contribution is -0.192. The first-order valence-corrected chi connectivity index (χ1v) is 8.46. The lowest BCUT2D eigenvalue weighted by Crippen LogP contribution is -2.59. The molecular formula is C17H33NO2. The highest BCUT2D eigenvalue weighted by atomic mass is 16.6. The molecule has 1 saturated carbocycles. The van der Waals surface area contributed by atoms with Gasteiger partial charge in [-0.05, 0) is 57.0 Å². The molecule has 0 bridgehead atoms. The molecule has 2 aliphatic rings. The van der Waals surface area contributed by atoms with Gasteiger partial charge in [0, 0.05) is 18.6 Å². The number of piperidine rings is 1. The van der Waals surface area contributed by atoms with Gasteiger partial charge in [-0.25, -0.2) is 0 Å². The van der Waals surface area contributed by atoms with Gasteiger partial charge < -0.3 is 9.84 Å². The van der Waals surface area contributed by atoms with Crippen LogP contribution in [0.4, 0.5) is 0 Å². The highest BCUT2D eigenvalue weighted by molar-refractivity contribution is 4.99. The Hall–Kier alpha value is -0.120. The van der Waals surface area contributed by atoms with Crippen molar-refractivity contribution in [2.45, 2.75) is 72.1 Å². The van der Waals surface area contributed by atoms with Crippen molar-refractivity contribution in [3.8, 4) is 0 Å². The zero-order valence-electron chi connectivity index (χ0n) is 13.8. The van der Waals surface area contributed by atoms with Crippen molar-refractivity contribution in [2.75, 3.05) is 19.7 Å². The molecule has 1 aliphatic carbocycles. The van der Waals surface area contributed by atoms with Crippen LogP contribution in [0.5, 0.6) is 0 Å². The van der Waals surface area contributed by atoms with Crippen molar-refractivity contribution >= 4 is 0 Å². The Kier molecular flexibility index (Phi) is 5.49. The van der Waals surface area contributed by atoms with Crippen LogP contribution >= 0.6 is 0 Å². The van der Waals surface area contributed by atoms with Crippen LogP contribution in [0.3, 0.4) is 0 Å². The number of hydrogen-bond donors (Lipinski definition) is 1. The number of likely N-dealkylation sites (tertiary alicyclic amines) is 1. The van der Waals surface area contributed by atoms with Crippen molar-refractivity contribution in [3.05, 3.63) is 0 Å². The van der Waals surface area contributed by atoms with E-state index in [4.69, 9.17) is 4.74 Å². The SMILES string of the molecule is CCOC(O)C1CC(CC(C)(C)C)C1N1CCCCC1. The van der Waals surface area contributed by atoms with Crippen LogP contribution in [0.1, 0.15) is 59.8 Å². The number of aliphatic hydroxyl groups excluding tert-OH is 1. The van der Waals surface area contributed by atoms with E-state index in [9.17, 15) is 5.11 Å². The zero-order valence-corrected chi connectivity index (χ0v) is 13.8. The molecule has 4 atom stereocenters. The molecule has 0 aromatic rings. The quantitative estimate of drug-likeness (QED) is 0.786. The fraction of sp³-hybridized carbons (Fsp3) is 1.00. The minimum atomic E-state index is -0.567. The second-order valence-electron chi connectivity index (χ2n) is 7.86. The minimum absolute atomic E-state index is 0.320. The average Bonchev–Trinajstić information content (AvgIpc) is 2.34. The predicted octanol–water partition coefficient (Wildman–Crippen LogP) is 3.27. The molecule has 0 amide bonds. The molecule has 1 aliphatic heterocycles. The number of aliphatic hydroxyl groups is 1. The molecule has 1 heterocycles. The van der Waals surface area contributed by atoms with E-state index in [1.54, 1.807) is 0 Å². The third-order valence-electron chi connectivity index (χ3n) is 4.89. The van der Waals surface area contributed by atoms with E-state index < -0.39 is 6.29 Å². The average molecular weight is 283 g/mol. The van der Waals surface area contributed by atoms with E-state index in [0.29, 0.717) is 24.0 Å². The van der Waals surface area contributed by atoms with Crippen LogP contribution in [-0.4, -0.2) is 42.0 Å². The van der Waals surface area contributed by atoms with Gasteiger partial charge in [0.05, 0.1) is 0 Å². The Balaban J connectivity index is 2.00. The topological polar surface area (TPSA) is 32.7 Å².